The minimum Gasteiger partial charge on any atom is -0.508 e. The number of ether oxygens (including phenoxy) is 1. The van der Waals surface area contributed by atoms with Gasteiger partial charge in [0.25, 0.3) is 11.8 Å². The molecular weight excluding hydrogens is 700 g/mol. The molecular formula is C35H29Cl2F3N4O6. The van der Waals surface area contributed by atoms with E-state index < -0.39 is 63.6 Å². The molecule has 0 unspecified atom stereocenters. The van der Waals surface area contributed by atoms with Crippen LogP contribution < -0.4 is 10.2 Å². The number of nitrogens with zero attached hydrogens (tertiary/aromatic N) is 3. The number of carbonyl (C=O) groups is 4. The number of pyridine rings is 1. The van der Waals surface area contributed by atoms with Crippen molar-refractivity contribution in [3.05, 3.63) is 93.1 Å². The predicted molar refractivity (Wildman–Crippen MR) is 174 cm³/mol. The minimum absolute atomic E-state index is 0.0312. The molecule has 3 heterocycles. The van der Waals surface area contributed by atoms with E-state index in [4.69, 9.17) is 27.9 Å². The molecule has 6 atom stereocenters. The first kappa shape index (κ1) is 33.9. The standard InChI is InChI=1S/C35H29Cl2F3N4O6/c1-3-43-30(46)22-11-10-20-23(27(22)32(43)48)14-24-31(47)44(42-29-25(37)12-17(15-41-29)35(38,39)40)33(49)34(24,16-4-6-18(36)7-5-16)28(20)21-9-8-19(50-2)13-26(21)45/h4-10,12-13,15,22-24,27-28,45H,3,11,14H2,1-2H3,(H,41,42)/t22-,23+,24-,27-,28+,34+/m0/s1. The summed E-state index contributed by atoms with van der Waals surface area (Å²) in [7, 11) is 1.42. The van der Waals surface area contributed by atoms with Gasteiger partial charge in [-0.1, -0.05) is 53.1 Å². The Morgan fingerprint density at radius 2 is 1.74 bits per heavy atom. The SMILES string of the molecule is CCN1C(=O)[C@H]2[C@H](CC=C3[C@H]2C[C@H]2C(=O)N(Nc4ncc(C(F)(F)F)cc4Cl)C(=O)[C@@]2(c2ccc(Cl)cc2)[C@H]3c2ccc(OC)cc2O)C1=O. The average molecular weight is 730 g/mol. The van der Waals surface area contributed by atoms with E-state index in [1.165, 1.54) is 18.1 Å². The van der Waals surface area contributed by atoms with Crippen LogP contribution in [0.4, 0.5) is 19.0 Å². The van der Waals surface area contributed by atoms with Crippen LogP contribution in [0.3, 0.4) is 0 Å². The number of phenolic OH excluding ortho intramolecular Hbond substituents is 1. The van der Waals surface area contributed by atoms with Gasteiger partial charge in [0.05, 0.1) is 40.9 Å². The van der Waals surface area contributed by atoms with Crippen molar-refractivity contribution < 1.29 is 42.2 Å². The van der Waals surface area contributed by atoms with Crippen molar-refractivity contribution in [3.63, 3.8) is 0 Å². The molecule has 2 saturated heterocycles. The first-order valence-electron chi connectivity index (χ1n) is 15.8. The van der Waals surface area contributed by atoms with Crippen molar-refractivity contribution >= 4 is 52.6 Å². The van der Waals surface area contributed by atoms with E-state index in [2.05, 4.69) is 10.4 Å². The number of nitrogens with one attached hydrogen (secondary N) is 1. The Morgan fingerprint density at radius 1 is 1.02 bits per heavy atom. The number of benzene rings is 2. The van der Waals surface area contributed by atoms with Gasteiger partial charge in [0, 0.05) is 35.3 Å². The summed E-state index contributed by atoms with van der Waals surface area (Å²) in [4.78, 5) is 61.9. The van der Waals surface area contributed by atoms with Crippen LogP contribution in [0.15, 0.2) is 66.4 Å². The summed E-state index contributed by atoms with van der Waals surface area (Å²) >= 11 is 12.5. The van der Waals surface area contributed by atoms with Gasteiger partial charge in [-0.25, -0.2) is 4.98 Å². The number of hydrazine groups is 1. The minimum atomic E-state index is -4.75. The summed E-state index contributed by atoms with van der Waals surface area (Å²) in [6.07, 6.45) is -2.22. The van der Waals surface area contributed by atoms with Crippen LogP contribution in [0.2, 0.25) is 10.0 Å². The normalized spacial score (nSPS) is 27.6. The van der Waals surface area contributed by atoms with Gasteiger partial charge in [0.15, 0.2) is 5.82 Å². The van der Waals surface area contributed by atoms with Crippen LogP contribution in [0.5, 0.6) is 11.5 Å². The zero-order valence-electron chi connectivity index (χ0n) is 26.5. The molecule has 3 fully saturated rings. The van der Waals surface area contributed by atoms with Crippen molar-refractivity contribution in [3.8, 4) is 11.5 Å². The number of methoxy groups -OCH3 is 1. The Balaban J connectivity index is 1.45. The molecule has 2 aromatic carbocycles. The summed E-state index contributed by atoms with van der Waals surface area (Å²) in [5, 5.41) is 12.1. The van der Waals surface area contributed by atoms with E-state index in [9.17, 15) is 32.7 Å². The number of anilines is 1. The van der Waals surface area contributed by atoms with E-state index in [0.717, 1.165) is 0 Å². The van der Waals surface area contributed by atoms with Crippen LogP contribution >= 0.6 is 23.2 Å². The molecule has 3 aromatic rings. The first-order valence-corrected chi connectivity index (χ1v) is 16.5. The number of aromatic hydroxyl groups is 1. The molecule has 2 aliphatic heterocycles. The third kappa shape index (κ3) is 4.88. The highest BCUT2D eigenvalue weighted by molar-refractivity contribution is 6.33. The Labute approximate surface area is 293 Å². The molecule has 10 nitrogen and oxygen atoms in total. The number of fused-ring (bicyclic) bond motifs is 4. The maximum absolute atomic E-state index is 15.1. The molecule has 2 N–H and O–H groups in total. The number of imide groups is 2. The zero-order chi connectivity index (χ0) is 35.9. The number of hydrogen-bond donors (Lipinski definition) is 2. The fourth-order valence-corrected chi connectivity index (χ4v) is 8.73. The number of alkyl halides is 3. The molecule has 7 rings (SSSR count). The van der Waals surface area contributed by atoms with Crippen LogP contribution in [0.1, 0.15) is 42.4 Å². The molecule has 4 amide bonds. The lowest BCUT2D eigenvalue weighted by Crippen LogP contribution is -2.53. The lowest BCUT2D eigenvalue weighted by Gasteiger charge is -2.50. The van der Waals surface area contributed by atoms with Crippen LogP contribution in [-0.4, -0.2) is 57.3 Å². The van der Waals surface area contributed by atoms with Crippen molar-refractivity contribution in [2.24, 2.45) is 23.7 Å². The third-order valence-corrected chi connectivity index (χ3v) is 11.1. The summed E-state index contributed by atoms with van der Waals surface area (Å²) < 4.78 is 45.5. The summed E-state index contributed by atoms with van der Waals surface area (Å²) in [6.45, 7) is 1.87. The molecule has 260 valence electrons. The van der Waals surface area contributed by atoms with Crippen molar-refractivity contribution in [2.75, 3.05) is 19.1 Å². The largest absolute Gasteiger partial charge is 0.508 e. The predicted octanol–water partition coefficient (Wildman–Crippen LogP) is 6.13. The number of likely N-dealkylation sites (tertiary alicyclic amines) is 1. The molecule has 2 aliphatic carbocycles. The fourth-order valence-electron chi connectivity index (χ4n) is 8.40. The molecule has 0 radical (unpaired) electrons. The number of carbonyl (C=O) groups excluding carboxylic acids is 4. The number of hydrogen-bond acceptors (Lipinski definition) is 8. The summed E-state index contributed by atoms with van der Waals surface area (Å²) in [5.41, 5.74) is 0.910. The zero-order valence-corrected chi connectivity index (χ0v) is 28.0. The number of aromatic nitrogens is 1. The Bertz CT molecular complexity index is 1990. The maximum atomic E-state index is 15.1. The number of amides is 4. The molecule has 4 aliphatic rings. The number of allylic oxidation sites excluding steroid dienone is 2. The van der Waals surface area contributed by atoms with E-state index in [0.29, 0.717) is 39.2 Å². The molecule has 15 heteroatoms. The number of phenols is 1. The van der Waals surface area contributed by atoms with Gasteiger partial charge in [-0.2, -0.15) is 18.2 Å². The van der Waals surface area contributed by atoms with Crippen molar-refractivity contribution in [2.45, 2.75) is 37.3 Å². The van der Waals surface area contributed by atoms with Gasteiger partial charge >= 0.3 is 6.18 Å². The second-order valence-corrected chi connectivity index (χ2v) is 13.6. The second-order valence-electron chi connectivity index (χ2n) is 12.8. The average Bonchev–Trinajstić information content (AvgIpc) is 3.45. The number of rotatable bonds is 6. The van der Waals surface area contributed by atoms with Gasteiger partial charge in [0.2, 0.25) is 11.8 Å². The Morgan fingerprint density at radius 3 is 2.36 bits per heavy atom. The third-order valence-electron chi connectivity index (χ3n) is 10.5. The topological polar surface area (TPSA) is 129 Å². The summed E-state index contributed by atoms with van der Waals surface area (Å²) in [5.74, 6) is -6.93. The van der Waals surface area contributed by atoms with E-state index in [-0.39, 0.29) is 48.3 Å². The van der Waals surface area contributed by atoms with Crippen LogP contribution in [-0.2, 0) is 30.8 Å². The maximum Gasteiger partial charge on any atom is 0.417 e. The highest BCUT2D eigenvalue weighted by Gasteiger charge is 2.70. The monoisotopic (exact) mass is 728 g/mol. The second kappa shape index (κ2) is 12.0. The molecule has 1 aromatic heterocycles. The summed E-state index contributed by atoms with van der Waals surface area (Å²) in [6, 6.07) is 11.5. The van der Waals surface area contributed by atoms with Gasteiger partial charge in [0.1, 0.15) is 11.5 Å². The molecule has 1 saturated carbocycles. The molecule has 50 heavy (non-hydrogen) atoms. The van der Waals surface area contributed by atoms with Gasteiger partial charge in [-0.3, -0.25) is 29.5 Å². The van der Waals surface area contributed by atoms with Crippen molar-refractivity contribution in [1.29, 1.82) is 0 Å². The lowest BCUT2D eigenvalue weighted by molar-refractivity contribution is -0.141. The molecule has 0 spiro atoms. The van der Waals surface area contributed by atoms with Gasteiger partial charge in [-0.05, 0) is 55.5 Å². The van der Waals surface area contributed by atoms with Gasteiger partial charge < -0.3 is 9.84 Å². The quantitative estimate of drug-likeness (QED) is 0.229. The smallest absolute Gasteiger partial charge is 0.417 e. The van der Waals surface area contributed by atoms with Crippen molar-refractivity contribution in [1.82, 2.24) is 14.9 Å². The van der Waals surface area contributed by atoms with Crippen LogP contribution in [0.25, 0.3) is 0 Å². The first-order chi connectivity index (χ1) is 23.7. The Hall–Kier alpha value is -4.62. The molecule has 0 bridgehead atoms. The lowest BCUT2D eigenvalue weighted by atomic mass is 9.49. The Kier molecular flexibility index (Phi) is 8.13. The van der Waals surface area contributed by atoms with E-state index >= 15 is 4.79 Å². The highest BCUT2D eigenvalue weighted by atomic mass is 35.5. The van der Waals surface area contributed by atoms with Crippen LogP contribution in [0, 0.1) is 23.7 Å². The fraction of sp³-hybridized carbons (Fsp3) is 0.343. The number of halogens is 5. The van der Waals surface area contributed by atoms with E-state index in [1.807, 2.05) is 6.08 Å². The van der Waals surface area contributed by atoms with E-state index in [1.54, 1.807) is 43.3 Å². The van der Waals surface area contributed by atoms with Gasteiger partial charge in [-0.15, -0.1) is 0 Å². The highest BCUT2D eigenvalue weighted by Crippen LogP contribution is 2.65.